The second-order valence-corrected chi connectivity index (χ2v) is 5.87. The van der Waals surface area contributed by atoms with Crippen LogP contribution >= 0.6 is 0 Å². The minimum atomic E-state index is -0.290. The monoisotopic (exact) mass is 339 g/mol. The lowest BCUT2D eigenvalue weighted by Crippen LogP contribution is -2.35. The first-order valence-corrected chi connectivity index (χ1v) is 8.33. The van der Waals surface area contributed by atoms with Gasteiger partial charge in [0.1, 0.15) is 0 Å². The minimum Gasteiger partial charge on any atom is -0.376 e. The summed E-state index contributed by atoms with van der Waals surface area (Å²) < 4.78 is 5.47. The summed E-state index contributed by atoms with van der Waals surface area (Å²) in [5.41, 5.74) is 1.80. The summed E-state index contributed by atoms with van der Waals surface area (Å²) in [4.78, 5) is 24.1. The molecular formula is C19H21N3O3. The zero-order chi connectivity index (χ0) is 17.5. The number of rotatable bonds is 5. The normalized spacial score (nSPS) is 16.2. The Morgan fingerprint density at radius 1 is 1.00 bits per heavy atom. The summed E-state index contributed by atoms with van der Waals surface area (Å²) in [5.74, 6) is -0.194. The summed E-state index contributed by atoms with van der Waals surface area (Å²) in [6, 6.07) is 15.7. The van der Waals surface area contributed by atoms with Crippen LogP contribution in [0.5, 0.6) is 0 Å². The fourth-order valence-corrected chi connectivity index (χ4v) is 2.65. The van der Waals surface area contributed by atoms with Gasteiger partial charge < -0.3 is 20.7 Å². The first kappa shape index (κ1) is 17.0. The summed E-state index contributed by atoms with van der Waals surface area (Å²) in [5, 5.41) is 8.38. The molecule has 25 heavy (non-hydrogen) atoms. The highest BCUT2D eigenvalue weighted by atomic mass is 16.5. The van der Waals surface area contributed by atoms with Crippen molar-refractivity contribution < 1.29 is 14.3 Å². The molecule has 2 aromatic rings. The predicted molar refractivity (Wildman–Crippen MR) is 96.8 cm³/mol. The lowest BCUT2D eigenvalue weighted by molar-refractivity contribution is 0.102. The molecule has 1 aliphatic heterocycles. The van der Waals surface area contributed by atoms with E-state index in [4.69, 9.17) is 4.74 Å². The van der Waals surface area contributed by atoms with Crippen LogP contribution in [0.2, 0.25) is 0 Å². The number of urea groups is 1. The fraction of sp³-hybridized carbons (Fsp3) is 0.263. The minimum absolute atomic E-state index is 0.0993. The van der Waals surface area contributed by atoms with E-state index in [-0.39, 0.29) is 18.0 Å². The van der Waals surface area contributed by atoms with E-state index in [9.17, 15) is 9.59 Å². The van der Waals surface area contributed by atoms with Crippen LogP contribution in [0.3, 0.4) is 0 Å². The Kier molecular flexibility index (Phi) is 5.64. The molecule has 1 heterocycles. The molecule has 1 fully saturated rings. The van der Waals surface area contributed by atoms with Crippen molar-refractivity contribution in [1.29, 1.82) is 0 Å². The van der Waals surface area contributed by atoms with Crippen molar-refractivity contribution in [2.75, 3.05) is 23.8 Å². The molecule has 3 rings (SSSR count). The Morgan fingerprint density at radius 3 is 2.48 bits per heavy atom. The third-order valence-electron chi connectivity index (χ3n) is 3.93. The molecule has 3 amide bonds. The largest absolute Gasteiger partial charge is 0.376 e. The summed E-state index contributed by atoms with van der Waals surface area (Å²) in [7, 11) is 0. The summed E-state index contributed by atoms with van der Waals surface area (Å²) in [6.45, 7) is 1.26. The van der Waals surface area contributed by atoms with Gasteiger partial charge in [-0.25, -0.2) is 4.79 Å². The van der Waals surface area contributed by atoms with Crippen LogP contribution < -0.4 is 16.0 Å². The predicted octanol–water partition coefficient (Wildman–Crippen LogP) is 3.24. The van der Waals surface area contributed by atoms with Crippen LogP contribution in [-0.4, -0.2) is 31.2 Å². The van der Waals surface area contributed by atoms with E-state index in [1.54, 1.807) is 36.4 Å². The average molecular weight is 339 g/mol. The van der Waals surface area contributed by atoms with Gasteiger partial charge in [-0.1, -0.05) is 24.3 Å². The Hall–Kier alpha value is -2.86. The van der Waals surface area contributed by atoms with Crippen molar-refractivity contribution >= 4 is 23.3 Å². The van der Waals surface area contributed by atoms with E-state index >= 15 is 0 Å². The highest BCUT2D eigenvalue weighted by molar-refractivity contribution is 6.04. The van der Waals surface area contributed by atoms with Crippen LogP contribution in [0.1, 0.15) is 23.2 Å². The number of benzene rings is 2. The topological polar surface area (TPSA) is 79.5 Å². The Morgan fingerprint density at radius 2 is 1.76 bits per heavy atom. The first-order valence-electron chi connectivity index (χ1n) is 8.33. The molecule has 3 N–H and O–H groups in total. The number of nitrogens with one attached hydrogen (secondary N) is 3. The Labute approximate surface area is 146 Å². The molecule has 0 unspecified atom stereocenters. The maximum Gasteiger partial charge on any atom is 0.319 e. The third-order valence-corrected chi connectivity index (χ3v) is 3.93. The molecule has 0 saturated carbocycles. The molecule has 0 spiro atoms. The standard InChI is InChI=1S/C19H21N3O3/c23-18(14-6-2-1-3-7-14)21-15-8-4-9-16(12-15)22-19(24)20-13-17-10-5-11-25-17/h1-4,6-9,12,17H,5,10-11,13H2,(H,21,23)(H2,20,22,24)/t17-/m1/s1. The van der Waals surface area contributed by atoms with Gasteiger partial charge in [-0.2, -0.15) is 0 Å². The van der Waals surface area contributed by atoms with E-state index in [1.165, 1.54) is 0 Å². The van der Waals surface area contributed by atoms with Crippen molar-refractivity contribution in [3.63, 3.8) is 0 Å². The SMILES string of the molecule is O=C(NC[C@H]1CCCO1)Nc1cccc(NC(=O)c2ccccc2)c1. The van der Waals surface area contributed by atoms with Gasteiger partial charge in [0.25, 0.3) is 5.91 Å². The molecule has 130 valence electrons. The average Bonchev–Trinajstić information content (AvgIpc) is 3.15. The van der Waals surface area contributed by atoms with E-state index in [2.05, 4.69) is 16.0 Å². The first-order chi connectivity index (χ1) is 12.2. The lowest BCUT2D eigenvalue weighted by Gasteiger charge is -2.12. The van der Waals surface area contributed by atoms with Gasteiger partial charge in [-0.15, -0.1) is 0 Å². The van der Waals surface area contributed by atoms with Gasteiger partial charge in [0, 0.05) is 30.1 Å². The highest BCUT2D eigenvalue weighted by Crippen LogP contribution is 2.16. The van der Waals surface area contributed by atoms with Crippen molar-refractivity contribution in [2.24, 2.45) is 0 Å². The Bertz CT molecular complexity index is 728. The third kappa shape index (κ3) is 5.06. The van der Waals surface area contributed by atoms with E-state index in [0.29, 0.717) is 23.5 Å². The maximum atomic E-state index is 12.2. The van der Waals surface area contributed by atoms with E-state index < -0.39 is 0 Å². The van der Waals surface area contributed by atoms with E-state index in [0.717, 1.165) is 19.4 Å². The molecule has 0 bridgehead atoms. The second kappa shape index (κ2) is 8.30. The lowest BCUT2D eigenvalue weighted by atomic mass is 10.2. The van der Waals surface area contributed by atoms with Gasteiger partial charge in [0.2, 0.25) is 0 Å². The van der Waals surface area contributed by atoms with Crippen molar-refractivity contribution in [3.8, 4) is 0 Å². The van der Waals surface area contributed by atoms with Gasteiger partial charge in [0.15, 0.2) is 0 Å². The van der Waals surface area contributed by atoms with Crippen LogP contribution in [0.4, 0.5) is 16.2 Å². The quantitative estimate of drug-likeness (QED) is 0.782. The number of amides is 3. The smallest absolute Gasteiger partial charge is 0.319 e. The number of carbonyl (C=O) groups is 2. The van der Waals surface area contributed by atoms with Crippen molar-refractivity contribution in [1.82, 2.24) is 5.32 Å². The molecule has 0 aromatic heterocycles. The number of ether oxygens (including phenoxy) is 1. The molecule has 0 radical (unpaired) electrons. The summed E-state index contributed by atoms with van der Waals surface area (Å²) >= 11 is 0. The number of anilines is 2. The zero-order valence-electron chi connectivity index (χ0n) is 13.8. The zero-order valence-corrected chi connectivity index (χ0v) is 13.8. The molecule has 1 aliphatic rings. The van der Waals surface area contributed by atoms with Gasteiger partial charge in [-0.3, -0.25) is 4.79 Å². The van der Waals surface area contributed by atoms with Crippen LogP contribution in [0.15, 0.2) is 54.6 Å². The number of hydrogen-bond donors (Lipinski definition) is 3. The maximum absolute atomic E-state index is 12.2. The second-order valence-electron chi connectivity index (χ2n) is 5.87. The van der Waals surface area contributed by atoms with Gasteiger partial charge >= 0.3 is 6.03 Å². The highest BCUT2D eigenvalue weighted by Gasteiger charge is 2.16. The van der Waals surface area contributed by atoms with E-state index in [1.807, 2.05) is 18.2 Å². The van der Waals surface area contributed by atoms with Crippen molar-refractivity contribution in [2.45, 2.75) is 18.9 Å². The number of hydrogen-bond acceptors (Lipinski definition) is 3. The van der Waals surface area contributed by atoms with Gasteiger partial charge in [-0.05, 0) is 43.2 Å². The molecule has 2 aromatic carbocycles. The molecule has 0 aliphatic carbocycles. The fourth-order valence-electron chi connectivity index (χ4n) is 2.65. The van der Waals surface area contributed by atoms with Crippen LogP contribution in [0.25, 0.3) is 0 Å². The molecule has 1 atom stereocenters. The Balaban J connectivity index is 1.53. The molecule has 6 nitrogen and oxygen atoms in total. The summed E-state index contributed by atoms with van der Waals surface area (Å²) in [6.07, 6.45) is 2.11. The van der Waals surface area contributed by atoms with Crippen LogP contribution in [-0.2, 0) is 4.74 Å². The van der Waals surface area contributed by atoms with Gasteiger partial charge in [0.05, 0.1) is 6.10 Å². The molecular weight excluding hydrogens is 318 g/mol. The molecule has 1 saturated heterocycles. The van der Waals surface area contributed by atoms with Crippen LogP contribution in [0, 0.1) is 0 Å². The molecule has 6 heteroatoms. The van der Waals surface area contributed by atoms with Crippen molar-refractivity contribution in [3.05, 3.63) is 60.2 Å². The number of carbonyl (C=O) groups excluding carboxylic acids is 2.